The smallest absolute Gasteiger partial charge is 0.465 e. The second kappa shape index (κ2) is 6.21. The van der Waals surface area contributed by atoms with E-state index in [4.69, 9.17) is 0 Å². The summed E-state index contributed by atoms with van der Waals surface area (Å²) in [7, 11) is 1.25. The first-order valence-electron chi connectivity index (χ1n) is 5.37. The predicted octanol–water partition coefficient (Wildman–Crippen LogP) is 1.69. The number of alkyl halides is 3. The molecule has 1 amide bonds. The molecule has 0 heterocycles. The van der Waals surface area contributed by atoms with Crippen LogP contribution >= 0.6 is 0 Å². The molecular weight excluding hydrogens is 263 g/mol. The van der Waals surface area contributed by atoms with Crippen LogP contribution in [0.3, 0.4) is 0 Å². The van der Waals surface area contributed by atoms with Crippen molar-refractivity contribution in [2.24, 2.45) is 0 Å². The fourth-order valence-corrected chi connectivity index (χ4v) is 1.35. The highest BCUT2D eigenvalue weighted by molar-refractivity contribution is 5.89. The van der Waals surface area contributed by atoms with Crippen LogP contribution in [-0.4, -0.2) is 31.7 Å². The number of esters is 1. The Morgan fingerprint density at radius 2 is 1.79 bits per heavy atom. The maximum atomic E-state index is 11.9. The Morgan fingerprint density at radius 1 is 1.21 bits per heavy atom. The van der Waals surface area contributed by atoms with Crippen LogP contribution in [0, 0.1) is 0 Å². The zero-order valence-corrected chi connectivity index (χ0v) is 10.1. The van der Waals surface area contributed by atoms with Gasteiger partial charge in [-0.25, -0.2) is 4.79 Å². The molecule has 1 aromatic rings. The van der Waals surface area contributed by atoms with Gasteiger partial charge in [-0.2, -0.15) is 13.2 Å². The SMILES string of the molecule is COC(=O)c1ccc(CCNC(=O)C(F)(F)F)cc1. The van der Waals surface area contributed by atoms with Gasteiger partial charge < -0.3 is 10.1 Å². The average molecular weight is 275 g/mol. The minimum atomic E-state index is -4.87. The molecule has 0 unspecified atom stereocenters. The van der Waals surface area contributed by atoms with Crippen molar-refractivity contribution >= 4 is 11.9 Å². The summed E-state index contributed by atoms with van der Waals surface area (Å²) in [6.45, 7) is -0.129. The van der Waals surface area contributed by atoms with Crippen LogP contribution in [0.15, 0.2) is 24.3 Å². The highest BCUT2D eigenvalue weighted by Gasteiger charge is 2.38. The van der Waals surface area contributed by atoms with Gasteiger partial charge in [-0.15, -0.1) is 0 Å². The van der Waals surface area contributed by atoms with Gasteiger partial charge >= 0.3 is 18.1 Å². The van der Waals surface area contributed by atoms with Crippen LogP contribution in [-0.2, 0) is 16.0 Å². The number of amides is 1. The third kappa shape index (κ3) is 4.61. The molecule has 0 aliphatic carbocycles. The molecule has 0 aliphatic heterocycles. The number of carbonyl (C=O) groups excluding carboxylic acids is 2. The van der Waals surface area contributed by atoms with Crippen molar-refractivity contribution in [1.29, 1.82) is 0 Å². The van der Waals surface area contributed by atoms with Crippen LogP contribution in [0.5, 0.6) is 0 Å². The molecule has 0 aliphatic rings. The van der Waals surface area contributed by atoms with E-state index in [0.717, 1.165) is 0 Å². The van der Waals surface area contributed by atoms with Crippen molar-refractivity contribution in [1.82, 2.24) is 5.32 Å². The Bertz CT molecular complexity index is 454. The summed E-state index contributed by atoms with van der Waals surface area (Å²) in [5, 5.41) is 1.76. The second-order valence-electron chi connectivity index (χ2n) is 3.69. The fourth-order valence-electron chi connectivity index (χ4n) is 1.35. The van der Waals surface area contributed by atoms with Gasteiger partial charge in [-0.3, -0.25) is 4.79 Å². The lowest BCUT2D eigenvalue weighted by Gasteiger charge is -2.08. The Hall–Kier alpha value is -2.05. The number of benzene rings is 1. The summed E-state index contributed by atoms with van der Waals surface area (Å²) in [6.07, 6.45) is -4.63. The van der Waals surface area contributed by atoms with Crippen molar-refractivity contribution in [3.8, 4) is 0 Å². The average Bonchev–Trinajstić information content (AvgIpc) is 2.37. The molecule has 1 N–H and O–H groups in total. The molecule has 0 saturated heterocycles. The summed E-state index contributed by atoms with van der Waals surface area (Å²) in [4.78, 5) is 21.7. The minimum absolute atomic E-state index is 0.129. The van der Waals surface area contributed by atoms with Gasteiger partial charge in [-0.1, -0.05) is 12.1 Å². The Kier molecular flexibility index (Phi) is 4.91. The molecule has 0 bridgehead atoms. The molecule has 0 radical (unpaired) electrons. The van der Waals surface area contributed by atoms with Crippen LogP contribution < -0.4 is 5.32 Å². The van der Waals surface area contributed by atoms with Crippen molar-refractivity contribution in [2.75, 3.05) is 13.7 Å². The minimum Gasteiger partial charge on any atom is -0.465 e. The van der Waals surface area contributed by atoms with Gasteiger partial charge in [0.2, 0.25) is 0 Å². The fraction of sp³-hybridized carbons (Fsp3) is 0.333. The standard InChI is InChI=1S/C12H12F3NO3/c1-19-10(17)9-4-2-8(3-5-9)6-7-16-11(18)12(13,14)15/h2-5H,6-7H2,1H3,(H,16,18). The molecule has 1 aromatic carbocycles. The number of hydrogen-bond acceptors (Lipinski definition) is 3. The van der Waals surface area contributed by atoms with E-state index in [1.54, 1.807) is 17.4 Å². The van der Waals surface area contributed by atoms with Gasteiger partial charge in [0.15, 0.2) is 0 Å². The predicted molar refractivity (Wildman–Crippen MR) is 60.6 cm³/mol. The highest BCUT2D eigenvalue weighted by atomic mass is 19.4. The van der Waals surface area contributed by atoms with Gasteiger partial charge in [0.25, 0.3) is 0 Å². The summed E-state index contributed by atoms with van der Waals surface area (Å²) in [5.74, 6) is -2.45. The van der Waals surface area contributed by atoms with Gasteiger partial charge in [0.1, 0.15) is 0 Å². The molecule has 0 aromatic heterocycles. The van der Waals surface area contributed by atoms with Gasteiger partial charge in [0.05, 0.1) is 12.7 Å². The Labute approximate surface area is 107 Å². The van der Waals surface area contributed by atoms with Crippen molar-refractivity contribution < 1.29 is 27.5 Å². The molecule has 0 atom stereocenters. The molecule has 0 saturated carbocycles. The van der Waals surface area contributed by atoms with Crippen molar-refractivity contribution in [2.45, 2.75) is 12.6 Å². The molecule has 104 valence electrons. The number of hydrogen-bond donors (Lipinski definition) is 1. The maximum absolute atomic E-state index is 11.9. The van der Waals surface area contributed by atoms with E-state index in [1.807, 2.05) is 0 Å². The molecule has 7 heteroatoms. The normalized spacial score (nSPS) is 10.9. The largest absolute Gasteiger partial charge is 0.471 e. The van der Waals surface area contributed by atoms with E-state index in [2.05, 4.69) is 4.74 Å². The van der Waals surface area contributed by atoms with Crippen molar-refractivity contribution in [3.63, 3.8) is 0 Å². The molecule has 0 spiro atoms. The number of methoxy groups -OCH3 is 1. The van der Waals surface area contributed by atoms with Crippen molar-refractivity contribution in [3.05, 3.63) is 35.4 Å². The van der Waals surface area contributed by atoms with Crippen LogP contribution in [0.2, 0.25) is 0 Å². The van der Waals surface area contributed by atoms with E-state index in [0.29, 0.717) is 11.1 Å². The lowest BCUT2D eigenvalue weighted by molar-refractivity contribution is -0.173. The second-order valence-corrected chi connectivity index (χ2v) is 3.69. The van der Waals surface area contributed by atoms with Gasteiger partial charge in [0, 0.05) is 6.54 Å². The van der Waals surface area contributed by atoms with Gasteiger partial charge in [-0.05, 0) is 24.1 Å². The van der Waals surface area contributed by atoms with E-state index in [1.165, 1.54) is 19.2 Å². The third-order valence-electron chi connectivity index (χ3n) is 2.33. The lowest BCUT2D eigenvalue weighted by Crippen LogP contribution is -2.37. The molecule has 1 rings (SSSR count). The van der Waals surface area contributed by atoms with E-state index < -0.39 is 18.1 Å². The van der Waals surface area contributed by atoms with E-state index in [-0.39, 0.29) is 13.0 Å². The third-order valence-corrected chi connectivity index (χ3v) is 2.33. The number of nitrogens with one attached hydrogen (secondary N) is 1. The number of halogens is 3. The first-order chi connectivity index (χ1) is 8.84. The molecular formula is C12H12F3NO3. The summed E-state index contributed by atoms with van der Waals surface area (Å²) >= 11 is 0. The summed E-state index contributed by atoms with van der Waals surface area (Å²) in [5.41, 5.74) is 1.06. The highest BCUT2D eigenvalue weighted by Crippen LogP contribution is 2.14. The van der Waals surface area contributed by atoms with E-state index >= 15 is 0 Å². The summed E-state index contributed by atoms with van der Waals surface area (Å²) in [6, 6.07) is 6.19. The Balaban J connectivity index is 2.47. The van der Waals surface area contributed by atoms with Crippen LogP contribution in [0.1, 0.15) is 15.9 Å². The maximum Gasteiger partial charge on any atom is 0.471 e. The molecule has 19 heavy (non-hydrogen) atoms. The molecule has 0 fully saturated rings. The monoisotopic (exact) mass is 275 g/mol. The van der Waals surface area contributed by atoms with E-state index in [9.17, 15) is 22.8 Å². The van der Waals surface area contributed by atoms with Crippen LogP contribution in [0.25, 0.3) is 0 Å². The summed E-state index contributed by atoms with van der Waals surface area (Å²) < 4.78 is 40.2. The number of rotatable bonds is 4. The lowest BCUT2D eigenvalue weighted by atomic mass is 10.1. The number of carbonyl (C=O) groups is 2. The quantitative estimate of drug-likeness (QED) is 0.851. The first-order valence-corrected chi connectivity index (χ1v) is 5.37. The number of ether oxygens (including phenoxy) is 1. The Morgan fingerprint density at radius 3 is 2.26 bits per heavy atom. The topological polar surface area (TPSA) is 55.4 Å². The van der Waals surface area contributed by atoms with Crippen LogP contribution in [0.4, 0.5) is 13.2 Å². The zero-order chi connectivity index (χ0) is 14.5. The zero-order valence-electron chi connectivity index (χ0n) is 10.1. The molecule has 4 nitrogen and oxygen atoms in total. The first kappa shape index (κ1) is 15.0.